The fraction of sp³-hybridized carbons (Fsp3) is 0.389. The molecular weight excluding hydrogens is 424 g/mol. The van der Waals surface area contributed by atoms with E-state index in [0.717, 1.165) is 10.6 Å². The van der Waals surface area contributed by atoms with Gasteiger partial charge in [0.05, 0.1) is 5.92 Å². The van der Waals surface area contributed by atoms with E-state index in [9.17, 15) is 13.2 Å². The average Bonchev–Trinajstić information content (AvgIpc) is 3.22. The molecule has 1 fully saturated rings. The van der Waals surface area contributed by atoms with Crippen LogP contribution in [0.3, 0.4) is 0 Å². The smallest absolute Gasteiger partial charge is 0.252 e. The molecule has 1 aliphatic heterocycles. The minimum atomic E-state index is -3.49. The molecule has 1 unspecified atom stereocenters. The Morgan fingerprint density at radius 1 is 1.30 bits per heavy atom. The predicted molar refractivity (Wildman–Crippen MR) is 111 cm³/mol. The van der Waals surface area contributed by atoms with E-state index in [1.54, 1.807) is 29.3 Å². The number of halogens is 1. The van der Waals surface area contributed by atoms with Crippen molar-refractivity contribution in [3.05, 3.63) is 46.8 Å². The lowest BCUT2D eigenvalue weighted by Gasteiger charge is -2.30. The van der Waals surface area contributed by atoms with Gasteiger partial charge in [-0.05, 0) is 48.6 Å². The second-order valence-corrected chi connectivity index (χ2v) is 10.9. The highest BCUT2D eigenvalue weighted by atomic mass is 35.5. The van der Waals surface area contributed by atoms with E-state index in [-0.39, 0.29) is 18.4 Å². The van der Waals surface area contributed by atoms with Gasteiger partial charge in [0.2, 0.25) is 5.91 Å². The lowest BCUT2D eigenvalue weighted by Crippen LogP contribution is -2.45. The first-order valence-corrected chi connectivity index (χ1v) is 12.3. The number of sulfonamides is 1. The van der Waals surface area contributed by atoms with Crippen LogP contribution in [0.4, 0.5) is 0 Å². The van der Waals surface area contributed by atoms with E-state index in [0.29, 0.717) is 35.2 Å². The molecule has 5 nitrogen and oxygen atoms in total. The zero-order valence-corrected chi connectivity index (χ0v) is 17.8. The molecule has 1 N–H and O–H groups in total. The van der Waals surface area contributed by atoms with E-state index < -0.39 is 10.0 Å². The summed E-state index contributed by atoms with van der Waals surface area (Å²) in [5, 5.41) is 5.39. The molecule has 1 saturated heterocycles. The van der Waals surface area contributed by atoms with Crippen molar-refractivity contribution in [3.63, 3.8) is 0 Å². The molecule has 146 valence electrons. The van der Waals surface area contributed by atoms with Crippen LogP contribution in [-0.4, -0.2) is 44.0 Å². The molecule has 1 aromatic carbocycles. The van der Waals surface area contributed by atoms with E-state index in [1.807, 2.05) is 24.3 Å². The molecule has 1 amide bonds. The first-order chi connectivity index (χ1) is 13.0. The van der Waals surface area contributed by atoms with Crippen LogP contribution in [0.5, 0.6) is 0 Å². The summed E-state index contributed by atoms with van der Waals surface area (Å²) in [7, 11) is -3.49. The van der Waals surface area contributed by atoms with Crippen molar-refractivity contribution in [1.29, 1.82) is 0 Å². The third kappa shape index (κ3) is 5.48. The van der Waals surface area contributed by atoms with Crippen LogP contribution in [0.2, 0.25) is 5.02 Å². The SMILES string of the molecule is O=C(NCCSc1ccc(Cl)cc1)C1CCCN(S(=O)(=O)c2cccs2)C1. The number of carbonyl (C=O) groups is 1. The first kappa shape index (κ1) is 20.7. The summed E-state index contributed by atoms with van der Waals surface area (Å²) in [6, 6.07) is 10.9. The maximum absolute atomic E-state index is 12.6. The van der Waals surface area contributed by atoms with Gasteiger partial charge in [0, 0.05) is 35.3 Å². The maximum Gasteiger partial charge on any atom is 0.252 e. The van der Waals surface area contributed by atoms with Gasteiger partial charge in [-0.1, -0.05) is 17.7 Å². The highest BCUT2D eigenvalue weighted by Crippen LogP contribution is 2.26. The number of nitrogens with one attached hydrogen (secondary N) is 1. The number of hydrogen-bond donors (Lipinski definition) is 1. The van der Waals surface area contributed by atoms with E-state index in [4.69, 9.17) is 11.6 Å². The van der Waals surface area contributed by atoms with Crippen LogP contribution >= 0.6 is 34.7 Å². The van der Waals surface area contributed by atoms with Gasteiger partial charge >= 0.3 is 0 Å². The van der Waals surface area contributed by atoms with Gasteiger partial charge < -0.3 is 5.32 Å². The molecule has 0 saturated carbocycles. The Kier molecular flexibility index (Phi) is 7.22. The average molecular weight is 445 g/mol. The number of thioether (sulfide) groups is 1. The van der Waals surface area contributed by atoms with Crippen molar-refractivity contribution in [2.45, 2.75) is 21.9 Å². The summed E-state index contributed by atoms with van der Waals surface area (Å²) in [5.41, 5.74) is 0. The fourth-order valence-corrected chi connectivity index (χ4v) is 6.49. The van der Waals surface area contributed by atoms with Gasteiger partial charge in [-0.15, -0.1) is 23.1 Å². The van der Waals surface area contributed by atoms with E-state index in [1.165, 1.54) is 15.6 Å². The van der Waals surface area contributed by atoms with Gasteiger partial charge in [0.15, 0.2) is 0 Å². The lowest BCUT2D eigenvalue weighted by molar-refractivity contribution is -0.125. The zero-order valence-electron chi connectivity index (χ0n) is 14.6. The van der Waals surface area contributed by atoms with Crippen LogP contribution in [-0.2, 0) is 14.8 Å². The van der Waals surface area contributed by atoms with Crippen LogP contribution in [0.25, 0.3) is 0 Å². The van der Waals surface area contributed by atoms with Crippen LogP contribution < -0.4 is 5.32 Å². The number of thiophene rings is 1. The van der Waals surface area contributed by atoms with Crippen molar-refractivity contribution in [3.8, 4) is 0 Å². The number of hydrogen-bond acceptors (Lipinski definition) is 5. The number of piperidine rings is 1. The van der Waals surface area contributed by atoms with E-state index >= 15 is 0 Å². The Morgan fingerprint density at radius 3 is 2.78 bits per heavy atom. The summed E-state index contributed by atoms with van der Waals surface area (Å²) >= 11 is 8.71. The van der Waals surface area contributed by atoms with Crippen LogP contribution in [0.15, 0.2) is 50.9 Å². The quantitative estimate of drug-likeness (QED) is 0.522. The van der Waals surface area contributed by atoms with Crippen LogP contribution in [0, 0.1) is 5.92 Å². The normalized spacial score (nSPS) is 18.3. The molecule has 0 radical (unpaired) electrons. The second kappa shape index (κ2) is 9.43. The lowest BCUT2D eigenvalue weighted by atomic mass is 9.99. The molecule has 0 bridgehead atoms. The maximum atomic E-state index is 12.6. The molecule has 1 atom stereocenters. The van der Waals surface area contributed by atoms with Gasteiger partial charge in [-0.3, -0.25) is 4.79 Å². The Balaban J connectivity index is 1.47. The Bertz CT molecular complexity index is 854. The molecule has 0 aliphatic carbocycles. The third-order valence-electron chi connectivity index (χ3n) is 4.33. The van der Waals surface area contributed by atoms with Crippen molar-refractivity contribution in [2.75, 3.05) is 25.4 Å². The molecular formula is C18H21ClN2O3S3. The second-order valence-electron chi connectivity index (χ2n) is 6.23. The molecule has 1 aliphatic rings. The molecule has 3 rings (SSSR count). The predicted octanol–water partition coefficient (Wildman–Crippen LogP) is 3.71. The van der Waals surface area contributed by atoms with Crippen molar-refractivity contribution < 1.29 is 13.2 Å². The number of rotatable bonds is 7. The molecule has 9 heteroatoms. The highest BCUT2D eigenvalue weighted by Gasteiger charge is 2.33. The van der Waals surface area contributed by atoms with Gasteiger partial charge in [-0.2, -0.15) is 4.31 Å². The van der Waals surface area contributed by atoms with Crippen molar-refractivity contribution >= 4 is 50.6 Å². The number of nitrogens with zero attached hydrogens (tertiary/aromatic N) is 1. The highest BCUT2D eigenvalue weighted by molar-refractivity contribution is 7.99. The molecule has 0 spiro atoms. The Morgan fingerprint density at radius 2 is 2.07 bits per heavy atom. The molecule has 27 heavy (non-hydrogen) atoms. The molecule has 2 heterocycles. The summed E-state index contributed by atoms with van der Waals surface area (Å²) in [6.45, 7) is 1.26. The number of benzene rings is 1. The molecule has 2 aromatic rings. The van der Waals surface area contributed by atoms with Crippen molar-refractivity contribution in [1.82, 2.24) is 9.62 Å². The van der Waals surface area contributed by atoms with Gasteiger partial charge in [0.25, 0.3) is 10.0 Å². The van der Waals surface area contributed by atoms with E-state index in [2.05, 4.69) is 5.32 Å². The molecule has 1 aromatic heterocycles. The van der Waals surface area contributed by atoms with Gasteiger partial charge in [-0.25, -0.2) is 8.42 Å². The Hall–Kier alpha value is -1.06. The van der Waals surface area contributed by atoms with Crippen LogP contribution in [0.1, 0.15) is 12.8 Å². The number of amides is 1. The largest absolute Gasteiger partial charge is 0.355 e. The summed E-state index contributed by atoms with van der Waals surface area (Å²) < 4.78 is 27.1. The summed E-state index contributed by atoms with van der Waals surface area (Å²) in [6.07, 6.45) is 1.41. The number of carbonyl (C=O) groups excluding carboxylic acids is 1. The minimum Gasteiger partial charge on any atom is -0.355 e. The summed E-state index contributed by atoms with van der Waals surface area (Å²) in [4.78, 5) is 13.6. The summed E-state index contributed by atoms with van der Waals surface area (Å²) in [5.74, 6) is 0.379. The standard InChI is InChI=1S/C18H21ClN2O3S3/c19-15-5-7-16(8-6-15)25-12-9-20-18(22)14-3-1-10-21(13-14)27(23,24)17-4-2-11-26-17/h2,4-8,11,14H,1,3,9-10,12-13H2,(H,20,22). The third-order valence-corrected chi connectivity index (χ3v) is 8.83. The topological polar surface area (TPSA) is 66.5 Å². The van der Waals surface area contributed by atoms with Gasteiger partial charge in [0.1, 0.15) is 4.21 Å². The fourth-order valence-electron chi connectivity index (χ4n) is 2.93. The first-order valence-electron chi connectivity index (χ1n) is 8.66. The monoisotopic (exact) mass is 444 g/mol. The zero-order chi connectivity index (χ0) is 19.3. The van der Waals surface area contributed by atoms with Crippen molar-refractivity contribution in [2.24, 2.45) is 5.92 Å². The Labute approximate surface area is 173 Å². The minimum absolute atomic E-state index is 0.0715.